The molecule has 1 nitrogen and oxygen atoms in total. The van der Waals surface area contributed by atoms with E-state index in [1.807, 2.05) is 18.2 Å². The molecule has 0 aliphatic carbocycles. The molecule has 1 aromatic heterocycles. The van der Waals surface area contributed by atoms with Gasteiger partial charge in [-0.2, -0.15) is 0 Å². The lowest BCUT2D eigenvalue weighted by Gasteiger charge is -2.10. The van der Waals surface area contributed by atoms with Crippen molar-refractivity contribution in [2.24, 2.45) is 0 Å². The molecule has 0 N–H and O–H groups in total. The van der Waals surface area contributed by atoms with Gasteiger partial charge in [-0.3, -0.25) is 4.98 Å². The maximum absolute atomic E-state index is 13.7. The smallest absolute Gasteiger partial charge is 0.159 e. The second-order valence-electron chi connectivity index (χ2n) is 6.18. The molecule has 0 aliphatic rings. The topological polar surface area (TPSA) is 12.9 Å². The summed E-state index contributed by atoms with van der Waals surface area (Å²) in [6.45, 7) is 4.10. The van der Waals surface area contributed by atoms with Crippen molar-refractivity contribution >= 4 is 21.5 Å². The van der Waals surface area contributed by atoms with Crippen molar-refractivity contribution in [2.75, 3.05) is 0 Å². The predicted octanol–water partition coefficient (Wildman–Crippen LogP) is 5.95. The van der Waals surface area contributed by atoms with Crippen LogP contribution < -0.4 is 0 Å². The number of rotatable bonds is 1. The maximum atomic E-state index is 13.7. The molecule has 118 valence electrons. The normalized spacial score (nSPS) is 11.3. The van der Waals surface area contributed by atoms with Gasteiger partial charge in [-0.15, -0.1) is 0 Å². The molecule has 0 unspecified atom stereocenters. The minimum absolute atomic E-state index is 0.680. The van der Waals surface area contributed by atoms with E-state index in [9.17, 15) is 8.78 Å². The van der Waals surface area contributed by atoms with E-state index in [1.54, 1.807) is 6.20 Å². The van der Waals surface area contributed by atoms with Crippen LogP contribution in [0, 0.1) is 25.5 Å². The van der Waals surface area contributed by atoms with Crippen molar-refractivity contribution in [3.05, 3.63) is 77.5 Å². The first-order valence-corrected chi connectivity index (χ1v) is 7.78. The fraction of sp³-hybridized carbons (Fsp3) is 0.0952. The molecule has 1 heterocycles. The Hall–Kier alpha value is -2.81. The monoisotopic (exact) mass is 319 g/mol. The molecule has 4 aromatic rings. The van der Waals surface area contributed by atoms with Crippen LogP contribution in [0.2, 0.25) is 0 Å². The minimum atomic E-state index is -0.834. The third-order valence-corrected chi connectivity index (χ3v) is 4.30. The Labute approximate surface area is 138 Å². The highest BCUT2D eigenvalue weighted by atomic mass is 19.2. The van der Waals surface area contributed by atoms with E-state index in [4.69, 9.17) is 0 Å². The summed E-state index contributed by atoms with van der Waals surface area (Å²) < 4.78 is 27.2. The van der Waals surface area contributed by atoms with Gasteiger partial charge in [-0.1, -0.05) is 29.3 Å². The number of nitrogens with zero attached hydrogens (tertiary/aromatic N) is 1. The zero-order valence-corrected chi connectivity index (χ0v) is 13.4. The van der Waals surface area contributed by atoms with Crippen LogP contribution >= 0.6 is 0 Å². The predicted molar refractivity (Wildman–Crippen MR) is 94.1 cm³/mol. The Kier molecular flexibility index (Phi) is 3.31. The van der Waals surface area contributed by atoms with E-state index < -0.39 is 11.6 Å². The van der Waals surface area contributed by atoms with Gasteiger partial charge in [0.25, 0.3) is 0 Å². The molecular formula is C21H15F2N. The van der Waals surface area contributed by atoms with Crippen molar-refractivity contribution in [1.82, 2.24) is 4.98 Å². The van der Waals surface area contributed by atoms with Gasteiger partial charge in [0.15, 0.2) is 11.6 Å². The number of aryl methyl sites for hydroxylation is 2. The van der Waals surface area contributed by atoms with Gasteiger partial charge in [0, 0.05) is 17.1 Å². The Bertz CT molecular complexity index is 1080. The zero-order valence-electron chi connectivity index (χ0n) is 13.4. The van der Waals surface area contributed by atoms with E-state index >= 15 is 0 Å². The largest absolute Gasteiger partial charge is 0.256 e. The fourth-order valence-electron chi connectivity index (χ4n) is 3.32. The summed E-state index contributed by atoms with van der Waals surface area (Å²) in [6.07, 6.45) is 1.72. The lowest BCUT2D eigenvalue weighted by atomic mass is 9.97. The summed E-state index contributed by atoms with van der Waals surface area (Å²) in [6, 6.07) is 14.4. The Balaban J connectivity index is 2.08. The number of aromatic nitrogens is 1. The quantitative estimate of drug-likeness (QED) is 0.395. The number of hydrogen-bond acceptors (Lipinski definition) is 1. The van der Waals surface area contributed by atoms with Gasteiger partial charge in [0.2, 0.25) is 0 Å². The molecule has 0 amide bonds. The molecule has 0 fully saturated rings. The van der Waals surface area contributed by atoms with Crippen LogP contribution in [0.15, 0.2) is 54.7 Å². The summed E-state index contributed by atoms with van der Waals surface area (Å²) in [5, 5.41) is 3.18. The molecule has 24 heavy (non-hydrogen) atoms. The van der Waals surface area contributed by atoms with Crippen molar-refractivity contribution in [1.29, 1.82) is 0 Å². The highest BCUT2D eigenvalue weighted by molar-refractivity contribution is 6.11. The van der Waals surface area contributed by atoms with Crippen LogP contribution in [0.1, 0.15) is 11.1 Å². The molecule has 0 aliphatic heterocycles. The van der Waals surface area contributed by atoms with Gasteiger partial charge >= 0.3 is 0 Å². The van der Waals surface area contributed by atoms with Gasteiger partial charge in [0.05, 0.1) is 5.69 Å². The third-order valence-electron chi connectivity index (χ3n) is 4.30. The van der Waals surface area contributed by atoms with Gasteiger partial charge in [-0.25, -0.2) is 8.78 Å². The summed E-state index contributed by atoms with van der Waals surface area (Å²) in [7, 11) is 0. The van der Waals surface area contributed by atoms with Gasteiger partial charge < -0.3 is 0 Å². The second-order valence-corrected chi connectivity index (χ2v) is 6.18. The van der Waals surface area contributed by atoms with Crippen molar-refractivity contribution < 1.29 is 8.78 Å². The highest BCUT2D eigenvalue weighted by Gasteiger charge is 2.11. The van der Waals surface area contributed by atoms with Crippen LogP contribution in [0.5, 0.6) is 0 Å². The zero-order chi connectivity index (χ0) is 16.8. The number of hydrogen-bond donors (Lipinski definition) is 0. The van der Waals surface area contributed by atoms with E-state index in [0.717, 1.165) is 33.2 Å². The molecule has 3 heteroatoms. The van der Waals surface area contributed by atoms with Gasteiger partial charge in [-0.05, 0) is 60.3 Å². The molecule has 0 saturated heterocycles. The average Bonchev–Trinajstić information content (AvgIpc) is 2.54. The molecule has 0 bridgehead atoms. The van der Waals surface area contributed by atoms with Crippen LogP contribution in [-0.2, 0) is 0 Å². The van der Waals surface area contributed by atoms with E-state index in [-0.39, 0.29) is 0 Å². The van der Waals surface area contributed by atoms with Crippen LogP contribution in [0.3, 0.4) is 0 Å². The summed E-state index contributed by atoms with van der Waals surface area (Å²) in [5.74, 6) is -1.66. The first-order chi connectivity index (χ1) is 11.5. The van der Waals surface area contributed by atoms with E-state index in [0.29, 0.717) is 10.8 Å². The van der Waals surface area contributed by atoms with Gasteiger partial charge in [0.1, 0.15) is 0 Å². The molecule has 0 spiro atoms. The van der Waals surface area contributed by atoms with Crippen LogP contribution in [0.4, 0.5) is 8.78 Å². The fourth-order valence-corrected chi connectivity index (χ4v) is 3.32. The molecule has 3 aromatic carbocycles. The molecule has 0 radical (unpaired) electrons. The summed E-state index contributed by atoms with van der Waals surface area (Å²) in [4.78, 5) is 4.54. The average molecular weight is 319 g/mol. The minimum Gasteiger partial charge on any atom is -0.256 e. The van der Waals surface area contributed by atoms with E-state index in [1.165, 1.54) is 12.1 Å². The lowest BCUT2D eigenvalue weighted by molar-refractivity contribution is 0.511. The highest BCUT2D eigenvalue weighted by Crippen LogP contribution is 2.33. The SMILES string of the molecule is Cc1cc(C)cc(-c2nccc3c2ccc2cc(F)c(F)cc23)c1. The molecular weight excluding hydrogens is 304 g/mol. The first kappa shape index (κ1) is 14.8. The standard InChI is InChI=1S/C21H15F2N/c1-12-7-13(2)9-15(8-12)21-17-4-3-14-10-19(22)20(23)11-18(14)16(17)5-6-24-21/h3-11H,1-2H3. The first-order valence-electron chi connectivity index (χ1n) is 7.78. The third kappa shape index (κ3) is 2.33. The lowest BCUT2D eigenvalue weighted by Crippen LogP contribution is -1.90. The van der Waals surface area contributed by atoms with Crippen molar-refractivity contribution in [3.8, 4) is 11.3 Å². The van der Waals surface area contributed by atoms with Crippen LogP contribution in [0.25, 0.3) is 32.8 Å². The number of benzene rings is 3. The Morgan fingerprint density at radius 2 is 1.42 bits per heavy atom. The number of fused-ring (bicyclic) bond motifs is 3. The van der Waals surface area contributed by atoms with Crippen molar-refractivity contribution in [2.45, 2.75) is 13.8 Å². The summed E-state index contributed by atoms with van der Waals surface area (Å²) in [5.41, 5.74) is 4.21. The number of halogens is 2. The second kappa shape index (κ2) is 5.38. The van der Waals surface area contributed by atoms with Crippen LogP contribution in [-0.4, -0.2) is 4.98 Å². The molecule has 0 atom stereocenters. The van der Waals surface area contributed by atoms with Crippen molar-refractivity contribution in [3.63, 3.8) is 0 Å². The number of pyridine rings is 1. The Morgan fingerprint density at radius 1 is 0.708 bits per heavy atom. The molecule has 0 saturated carbocycles. The summed E-state index contributed by atoms with van der Waals surface area (Å²) >= 11 is 0. The van der Waals surface area contributed by atoms with E-state index in [2.05, 4.69) is 37.0 Å². The molecule has 4 rings (SSSR count). The maximum Gasteiger partial charge on any atom is 0.159 e. The Morgan fingerprint density at radius 3 is 2.17 bits per heavy atom.